The molecule has 2 aromatic rings. The van der Waals surface area contributed by atoms with E-state index in [-0.39, 0.29) is 5.91 Å². The van der Waals surface area contributed by atoms with Crippen molar-refractivity contribution >= 4 is 33.2 Å². The third-order valence-electron chi connectivity index (χ3n) is 4.43. The first kappa shape index (κ1) is 13.5. The van der Waals surface area contributed by atoms with Crippen LogP contribution in [-0.2, 0) is 6.42 Å². The fourth-order valence-electron chi connectivity index (χ4n) is 3.25. The number of halogens is 1. The van der Waals surface area contributed by atoms with Gasteiger partial charge in [-0.1, -0.05) is 15.9 Å². The average Bonchev–Trinajstić information content (AvgIpc) is 3.22. The van der Waals surface area contributed by atoms with E-state index < -0.39 is 0 Å². The van der Waals surface area contributed by atoms with Gasteiger partial charge in [-0.25, -0.2) is 0 Å². The van der Waals surface area contributed by atoms with Crippen LogP contribution in [0.5, 0.6) is 0 Å². The molecule has 1 aromatic heterocycles. The summed E-state index contributed by atoms with van der Waals surface area (Å²) in [5.41, 5.74) is 2.20. The lowest BCUT2D eigenvalue weighted by molar-refractivity contribution is 0.0637. The van der Waals surface area contributed by atoms with Gasteiger partial charge in [0.25, 0.3) is 5.91 Å². The Hall–Kier alpha value is -1.13. The molecule has 4 rings (SSSR count). The minimum atomic E-state index is 0.177. The highest BCUT2D eigenvalue weighted by Gasteiger charge is 2.41. The molecule has 4 heteroatoms. The molecular weight excluding hydrogens is 346 g/mol. The maximum Gasteiger partial charge on any atom is 0.254 e. The van der Waals surface area contributed by atoms with Gasteiger partial charge in [0, 0.05) is 21.5 Å². The van der Waals surface area contributed by atoms with E-state index in [1.807, 2.05) is 35.6 Å². The number of nitrogens with zero attached hydrogens (tertiary/aromatic N) is 1. The normalized spacial score (nSPS) is 21.2. The largest absolute Gasteiger partial charge is 0.331 e. The smallest absolute Gasteiger partial charge is 0.254 e. The van der Waals surface area contributed by atoms with E-state index in [4.69, 9.17) is 0 Å². The topological polar surface area (TPSA) is 20.3 Å². The van der Waals surface area contributed by atoms with Crippen LogP contribution in [-0.4, -0.2) is 17.4 Å². The minimum Gasteiger partial charge on any atom is -0.331 e. The molecule has 0 bridgehead atoms. The van der Waals surface area contributed by atoms with E-state index in [9.17, 15) is 4.79 Å². The van der Waals surface area contributed by atoms with Crippen LogP contribution in [0, 0.1) is 5.92 Å². The fourth-order valence-corrected chi connectivity index (χ4v) is 4.43. The molecule has 1 saturated carbocycles. The molecule has 0 radical (unpaired) electrons. The predicted molar refractivity (Wildman–Crippen MR) is 88.7 cm³/mol. The molecule has 1 aromatic carbocycles. The van der Waals surface area contributed by atoms with Crippen molar-refractivity contribution in [1.29, 1.82) is 0 Å². The Morgan fingerprint density at radius 2 is 1.95 bits per heavy atom. The van der Waals surface area contributed by atoms with Gasteiger partial charge in [-0.3, -0.25) is 4.79 Å². The minimum absolute atomic E-state index is 0.177. The molecule has 2 aliphatic rings. The molecule has 0 N–H and O–H groups in total. The molecule has 1 aliphatic heterocycles. The number of thiophene rings is 1. The lowest BCUT2D eigenvalue weighted by atomic mass is 9.95. The van der Waals surface area contributed by atoms with Crippen LogP contribution in [0.2, 0.25) is 0 Å². The summed E-state index contributed by atoms with van der Waals surface area (Å²) in [6.45, 7) is 0.851. The van der Waals surface area contributed by atoms with Crippen molar-refractivity contribution in [2.75, 3.05) is 6.54 Å². The SMILES string of the molecule is O=C(c1ccc(Br)cc1)N1CCc2sccc2C1C1CC1. The molecule has 1 amide bonds. The summed E-state index contributed by atoms with van der Waals surface area (Å²) in [6, 6.07) is 10.2. The van der Waals surface area contributed by atoms with Crippen LogP contribution < -0.4 is 0 Å². The van der Waals surface area contributed by atoms with E-state index in [0.29, 0.717) is 12.0 Å². The number of amides is 1. The maximum absolute atomic E-state index is 12.9. The number of carbonyl (C=O) groups is 1. The van der Waals surface area contributed by atoms with Gasteiger partial charge in [0.1, 0.15) is 0 Å². The van der Waals surface area contributed by atoms with Crippen LogP contribution >= 0.6 is 27.3 Å². The van der Waals surface area contributed by atoms with Gasteiger partial charge in [-0.05, 0) is 66.5 Å². The first-order chi connectivity index (χ1) is 10.2. The fraction of sp³-hybridized carbons (Fsp3) is 0.353. The molecule has 1 fully saturated rings. The van der Waals surface area contributed by atoms with E-state index >= 15 is 0 Å². The zero-order valence-corrected chi connectivity index (χ0v) is 14.0. The van der Waals surface area contributed by atoms with Gasteiger partial charge >= 0.3 is 0 Å². The first-order valence-electron chi connectivity index (χ1n) is 7.37. The second-order valence-corrected chi connectivity index (χ2v) is 7.75. The number of fused-ring (bicyclic) bond motifs is 1. The number of rotatable bonds is 2. The van der Waals surface area contributed by atoms with Crippen molar-refractivity contribution < 1.29 is 4.79 Å². The molecule has 21 heavy (non-hydrogen) atoms. The molecule has 0 spiro atoms. The number of carbonyl (C=O) groups excluding carboxylic acids is 1. The first-order valence-corrected chi connectivity index (χ1v) is 9.04. The van der Waals surface area contributed by atoms with Gasteiger partial charge in [-0.2, -0.15) is 0 Å². The Labute approximate surface area is 136 Å². The lowest BCUT2D eigenvalue weighted by Gasteiger charge is -2.36. The van der Waals surface area contributed by atoms with Gasteiger partial charge in [0.2, 0.25) is 0 Å². The Bertz CT molecular complexity index is 674. The summed E-state index contributed by atoms with van der Waals surface area (Å²) < 4.78 is 1.01. The Morgan fingerprint density at radius 3 is 2.67 bits per heavy atom. The van der Waals surface area contributed by atoms with Crippen LogP contribution in [0.1, 0.15) is 39.7 Å². The second kappa shape index (κ2) is 5.25. The van der Waals surface area contributed by atoms with Crippen molar-refractivity contribution in [2.45, 2.75) is 25.3 Å². The molecule has 2 nitrogen and oxygen atoms in total. The molecule has 108 valence electrons. The van der Waals surface area contributed by atoms with Gasteiger partial charge in [0.15, 0.2) is 0 Å². The van der Waals surface area contributed by atoms with Crippen molar-refractivity contribution in [2.24, 2.45) is 5.92 Å². The quantitative estimate of drug-likeness (QED) is 0.761. The summed E-state index contributed by atoms with van der Waals surface area (Å²) in [6.07, 6.45) is 3.51. The zero-order valence-electron chi connectivity index (χ0n) is 11.6. The van der Waals surface area contributed by atoms with Gasteiger partial charge in [-0.15, -0.1) is 11.3 Å². The van der Waals surface area contributed by atoms with E-state index in [1.54, 1.807) is 0 Å². The summed E-state index contributed by atoms with van der Waals surface area (Å²) in [5, 5.41) is 2.17. The molecule has 1 atom stereocenters. The highest BCUT2D eigenvalue weighted by Crippen LogP contribution is 2.48. The standard InChI is InChI=1S/C17H16BrNOS/c18-13-5-3-12(4-6-13)17(20)19-9-7-15-14(8-10-21-15)16(19)11-1-2-11/h3-6,8,10-11,16H,1-2,7,9H2. The monoisotopic (exact) mass is 361 g/mol. The number of hydrogen-bond acceptors (Lipinski definition) is 2. The summed E-state index contributed by atoms with van der Waals surface area (Å²) in [7, 11) is 0. The molecular formula is C17H16BrNOS. The zero-order chi connectivity index (χ0) is 14.4. The van der Waals surface area contributed by atoms with Crippen LogP contribution in [0.25, 0.3) is 0 Å². The molecule has 0 saturated heterocycles. The average molecular weight is 362 g/mol. The number of benzene rings is 1. The van der Waals surface area contributed by atoms with Gasteiger partial charge < -0.3 is 4.90 Å². The highest BCUT2D eigenvalue weighted by atomic mass is 79.9. The molecule has 1 aliphatic carbocycles. The Balaban J connectivity index is 1.67. The van der Waals surface area contributed by atoms with Crippen LogP contribution in [0.15, 0.2) is 40.2 Å². The molecule has 2 heterocycles. The third-order valence-corrected chi connectivity index (χ3v) is 5.96. The Kier molecular flexibility index (Phi) is 3.38. The lowest BCUT2D eigenvalue weighted by Crippen LogP contribution is -2.40. The summed E-state index contributed by atoms with van der Waals surface area (Å²) in [4.78, 5) is 16.5. The van der Waals surface area contributed by atoms with E-state index in [0.717, 1.165) is 23.0 Å². The van der Waals surface area contributed by atoms with Crippen LogP contribution in [0.3, 0.4) is 0 Å². The van der Waals surface area contributed by atoms with E-state index in [2.05, 4.69) is 32.3 Å². The van der Waals surface area contributed by atoms with Crippen molar-refractivity contribution in [1.82, 2.24) is 4.90 Å². The van der Waals surface area contributed by atoms with Crippen LogP contribution in [0.4, 0.5) is 0 Å². The number of hydrogen-bond donors (Lipinski definition) is 0. The predicted octanol–water partition coefficient (Wildman–Crippen LogP) is 4.66. The maximum atomic E-state index is 12.9. The van der Waals surface area contributed by atoms with E-state index in [1.165, 1.54) is 23.3 Å². The highest BCUT2D eigenvalue weighted by molar-refractivity contribution is 9.10. The van der Waals surface area contributed by atoms with Crippen molar-refractivity contribution in [3.8, 4) is 0 Å². The summed E-state index contributed by atoms with van der Waals surface area (Å²) >= 11 is 5.27. The second-order valence-electron chi connectivity index (χ2n) is 5.84. The van der Waals surface area contributed by atoms with Crippen molar-refractivity contribution in [3.63, 3.8) is 0 Å². The Morgan fingerprint density at radius 1 is 1.19 bits per heavy atom. The third kappa shape index (κ3) is 2.44. The van der Waals surface area contributed by atoms with Crippen molar-refractivity contribution in [3.05, 3.63) is 56.2 Å². The van der Waals surface area contributed by atoms with Gasteiger partial charge in [0.05, 0.1) is 6.04 Å². The molecule has 1 unspecified atom stereocenters. The summed E-state index contributed by atoms with van der Waals surface area (Å²) in [5.74, 6) is 0.842.